The lowest BCUT2D eigenvalue weighted by molar-refractivity contribution is 0.604. The fourth-order valence-corrected chi connectivity index (χ4v) is 3.07. The van der Waals surface area contributed by atoms with Crippen LogP contribution < -0.4 is 11.2 Å². The first-order chi connectivity index (χ1) is 12.4. The Balaban J connectivity index is 2.19. The number of fused-ring (bicyclic) bond motifs is 1. The van der Waals surface area contributed by atoms with Gasteiger partial charge in [-0.05, 0) is 37.6 Å². The van der Waals surface area contributed by atoms with Gasteiger partial charge in [-0.2, -0.15) is 0 Å². The van der Waals surface area contributed by atoms with Crippen molar-refractivity contribution in [3.63, 3.8) is 0 Å². The third-order valence-electron chi connectivity index (χ3n) is 4.28. The Morgan fingerprint density at radius 2 is 1.85 bits per heavy atom. The average Bonchev–Trinajstić information content (AvgIpc) is 2.93. The Morgan fingerprint density at radius 1 is 1.15 bits per heavy atom. The van der Waals surface area contributed by atoms with Crippen molar-refractivity contribution in [3.05, 3.63) is 61.3 Å². The smallest absolute Gasteiger partial charge is 0.322 e. The molecule has 2 aromatic heterocycles. The van der Waals surface area contributed by atoms with Crippen LogP contribution in [0.2, 0.25) is 5.02 Å². The fourth-order valence-electron chi connectivity index (χ4n) is 2.88. The van der Waals surface area contributed by atoms with Crippen molar-refractivity contribution in [1.82, 2.24) is 18.7 Å². The Hall–Kier alpha value is -2.67. The number of rotatable bonds is 4. The van der Waals surface area contributed by atoms with Gasteiger partial charge in [-0.15, -0.1) is 0 Å². The predicted molar refractivity (Wildman–Crippen MR) is 101 cm³/mol. The number of nitrogens with zero attached hydrogens (tertiary/aromatic N) is 4. The van der Waals surface area contributed by atoms with Gasteiger partial charge in [0, 0.05) is 20.1 Å². The lowest BCUT2D eigenvalue weighted by Gasteiger charge is -2.08. The highest BCUT2D eigenvalue weighted by Crippen LogP contribution is 2.18. The molecule has 8 heteroatoms. The molecule has 0 radical (unpaired) electrons. The summed E-state index contributed by atoms with van der Waals surface area (Å²) in [6.07, 6.45) is 3.42. The van der Waals surface area contributed by atoms with Crippen molar-refractivity contribution in [2.24, 2.45) is 7.05 Å². The van der Waals surface area contributed by atoms with Crippen LogP contribution in [0.3, 0.4) is 0 Å². The molecule has 0 bridgehead atoms. The molecule has 0 amide bonds. The first kappa shape index (κ1) is 18.1. The molecule has 1 aromatic carbocycles. The summed E-state index contributed by atoms with van der Waals surface area (Å²) < 4.78 is 17.6. The van der Waals surface area contributed by atoms with E-state index in [4.69, 9.17) is 11.6 Å². The summed E-state index contributed by atoms with van der Waals surface area (Å²) in [5, 5.41) is 0.0304. The maximum absolute atomic E-state index is 13.3. The highest BCUT2D eigenvalue weighted by molar-refractivity contribution is 6.30. The van der Waals surface area contributed by atoms with E-state index < -0.39 is 5.82 Å². The van der Waals surface area contributed by atoms with Gasteiger partial charge < -0.3 is 4.57 Å². The van der Waals surface area contributed by atoms with E-state index in [2.05, 4.69) is 4.98 Å². The van der Waals surface area contributed by atoms with Gasteiger partial charge in [-0.3, -0.25) is 13.9 Å². The van der Waals surface area contributed by atoms with Crippen LogP contribution in [-0.4, -0.2) is 18.7 Å². The molecule has 0 saturated carbocycles. The van der Waals surface area contributed by atoms with E-state index in [9.17, 15) is 14.0 Å². The number of aryl methyl sites for hydroxylation is 2. The van der Waals surface area contributed by atoms with Crippen LogP contribution in [0.25, 0.3) is 23.3 Å². The minimum Gasteiger partial charge on any atom is -0.322 e. The zero-order valence-corrected chi connectivity index (χ0v) is 15.4. The standard InChI is InChI=1S/C18H18ClFN4O2/c1-4-23-16-15(17(25)24(5-2)18(23)26)22(3)14(21-16)9-7-11-6-8-13(20)12(19)10-11/h6-10H,4-5H2,1-3H3/b9-7+. The third-order valence-corrected chi connectivity index (χ3v) is 4.57. The van der Waals surface area contributed by atoms with E-state index in [0.717, 1.165) is 0 Å². The molecule has 2 heterocycles. The molecule has 26 heavy (non-hydrogen) atoms. The number of halogens is 2. The Kier molecular flexibility index (Phi) is 4.82. The highest BCUT2D eigenvalue weighted by atomic mass is 35.5. The number of benzene rings is 1. The predicted octanol–water partition coefficient (Wildman–Crippen LogP) is 2.90. The minimum absolute atomic E-state index is 0.0304. The molecule has 6 nitrogen and oxygen atoms in total. The molecular formula is C18H18ClFN4O2. The SMILES string of the molecule is CCn1c(=O)c2c(nc(/C=C/c3ccc(F)c(Cl)c3)n2C)n(CC)c1=O. The monoisotopic (exact) mass is 376 g/mol. The number of hydrogen-bond donors (Lipinski definition) is 0. The molecule has 0 N–H and O–H groups in total. The van der Waals surface area contributed by atoms with E-state index in [1.807, 2.05) is 6.92 Å². The fraction of sp³-hybridized carbons (Fsp3) is 0.278. The zero-order valence-electron chi connectivity index (χ0n) is 14.7. The number of hydrogen-bond acceptors (Lipinski definition) is 3. The minimum atomic E-state index is -0.487. The molecule has 0 aliphatic carbocycles. The van der Waals surface area contributed by atoms with Crippen molar-refractivity contribution >= 4 is 34.9 Å². The Labute approximate surface area is 153 Å². The Morgan fingerprint density at radius 3 is 2.46 bits per heavy atom. The van der Waals surface area contributed by atoms with Gasteiger partial charge in [-0.1, -0.05) is 23.7 Å². The maximum atomic E-state index is 13.3. The first-order valence-corrected chi connectivity index (χ1v) is 8.60. The quantitative estimate of drug-likeness (QED) is 0.703. The van der Waals surface area contributed by atoms with Crippen molar-refractivity contribution in [2.75, 3.05) is 0 Å². The molecule has 0 unspecified atom stereocenters. The molecule has 0 spiro atoms. The summed E-state index contributed by atoms with van der Waals surface area (Å²) in [7, 11) is 1.72. The van der Waals surface area contributed by atoms with Crippen molar-refractivity contribution in [3.8, 4) is 0 Å². The van der Waals surface area contributed by atoms with E-state index in [0.29, 0.717) is 29.1 Å². The van der Waals surface area contributed by atoms with Crippen LogP contribution in [0.15, 0.2) is 27.8 Å². The van der Waals surface area contributed by atoms with E-state index in [1.165, 1.54) is 21.3 Å². The molecule has 0 aliphatic rings. The van der Waals surface area contributed by atoms with Crippen LogP contribution in [0, 0.1) is 5.82 Å². The van der Waals surface area contributed by atoms with Crippen LogP contribution in [0.4, 0.5) is 4.39 Å². The summed E-state index contributed by atoms with van der Waals surface area (Å²) >= 11 is 5.79. The molecule has 0 saturated heterocycles. The van der Waals surface area contributed by atoms with Crippen LogP contribution in [0.1, 0.15) is 25.2 Å². The van der Waals surface area contributed by atoms with Crippen molar-refractivity contribution in [1.29, 1.82) is 0 Å². The summed E-state index contributed by atoms with van der Waals surface area (Å²) in [5.41, 5.74) is 0.682. The van der Waals surface area contributed by atoms with Gasteiger partial charge in [0.05, 0.1) is 5.02 Å². The van der Waals surface area contributed by atoms with Gasteiger partial charge >= 0.3 is 5.69 Å². The second-order valence-electron chi connectivity index (χ2n) is 5.78. The van der Waals surface area contributed by atoms with E-state index in [1.54, 1.807) is 36.8 Å². The molecule has 136 valence electrons. The number of aromatic nitrogens is 4. The largest absolute Gasteiger partial charge is 0.332 e. The summed E-state index contributed by atoms with van der Waals surface area (Å²) in [5.74, 6) is 0.0200. The summed E-state index contributed by atoms with van der Waals surface area (Å²) in [4.78, 5) is 29.5. The first-order valence-electron chi connectivity index (χ1n) is 8.22. The molecule has 0 atom stereocenters. The van der Waals surface area contributed by atoms with Crippen molar-refractivity contribution in [2.45, 2.75) is 26.9 Å². The van der Waals surface area contributed by atoms with Gasteiger partial charge in [0.2, 0.25) is 0 Å². The van der Waals surface area contributed by atoms with Gasteiger partial charge in [0.25, 0.3) is 5.56 Å². The molecule has 0 aliphatic heterocycles. The normalized spacial score (nSPS) is 11.7. The maximum Gasteiger partial charge on any atom is 0.332 e. The molecule has 3 aromatic rings. The average molecular weight is 377 g/mol. The molecule has 0 fully saturated rings. The lowest BCUT2D eigenvalue weighted by atomic mass is 10.2. The van der Waals surface area contributed by atoms with E-state index >= 15 is 0 Å². The van der Waals surface area contributed by atoms with Crippen molar-refractivity contribution < 1.29 is 4.39 Å². The van der Waals surface area contributed by atoms with E-state index in [-0.39, 0.29) is 22.8 Å². The third kappa shape index (κ3) is 2.88. The topological polar surface area (TPSA) is 61.8 Å². The lowest BCUT2D eigenvalue weighted by Crippen LogP contribution is -2.39. The van der Waals surface area contributed by atoms with Gasteiger partial charge in [0.1, 0.15) is 11.6 Å². The van der Waals surface area contributed by atoms with Gasteiger partial charge in [0.15, 0.2) is 11.2 Å². The number of imidazole rings is 1. The summed E-state index contributed by atoms with van der Waals surface area (Å²) in [6, 6.07) is 4.38. The summed E-state index contributed by atoms with van der Waals surface area (Å²) in [6.45, 7) is 4.28. The second kappa shape index (κ2) is 6.92. The second-order valence-corrected chi connectivity index (χ2v) is 6.19. The van der Waals surface area contributed by atoms with Crippen LogP contribution in [-0.2, 0) is 20.1 Å². The van der Waals surface area contributed by atoms with Crippen LogP contribution >= 0.6 is 11.6 Å². The Bertz CT molecular complexity index is 1140. The molecule has 3 rings (SSSR count). The highest BCUT2D eigenvalue weighted by Gasteiger charge is 2.17. The van der Waals surface area contributed by atoms with Crippen LogP contribution in [0.5, 0.6) is 0 Å². The zero-order chi connectivity index (χ0) is 19.0. The molecular weight excluding hydrogens is 359 g/mol. The van der Waals surface area contributed by atoms with Gasteiger partial charge in [-0.25, -0.2) is 14.2 Å².